The van der Waals surface area contributed by atoms with E-state index in [0.717, 1.165) is 19.5 Å². The van der Waals surface area contributed by atoms with E-state index in [0.29, 0.717) is 19.3 Å². The summed E-state index contributed by atoms with van der Waals surface area (Å²) in [6.45, 7) is 7.53. The van der Waals surface area contributed by atoms with Gasteiger partial charge in [-0.15, -0.1) is 0 Å². The van der Waals surface area contributed by atoms with Crippen molar-refractivity contribution in [3.05, 3.63) is 0 Å². The number of nitrogens with zero attached hydrogens (tertiary/aromatic N) is 1. The van der Waals surface area contributed by atoms with E-state index < -0.39 is 0 Å². The van der Waals surface area contributed by atoms with Crippen LogP contribution in [0.3, 0.4) is 0 Å². The van der Waals surface area contributed by atoms with Gasteiger partial charge in [-0.25, -0.2) is 0 Å². The molecule has 5 nitrogen and oxygen atoms in total. The summed E-state index contributed by atoms with van der Waals surface area (Å²) < 4.78 is 10.3. The van der Waals surface area contributed by atoms with Crippen molar-refractivity contribution in [3.63, 3.8) is 0 Å². The van der Waals surface area contributed by atoms with Gasteiger partial charge in [-0.2, -0.15) is 0 Å². The summed E-state index contributed by atoms with van der Waals surface area (Å²) >= 11 is 0. The first kappa shape index (κ1) is 17.8. The Morgan fingerprint density at radius 1 is 1.22 bits per heavy atom. The molecule has 2 unspecified atom stereocenters. The van der Waals surface area contributed by atoms with E-state index in [1.807, 2.05) is 14.0 Å². The summed E-state index contributed by atoms with van der Waals surface area (Å²) in [5.74, 6) is 0. The van der Waals surface area contributed by atoms with Crippen LogP contribution in [0.4, 0.5) is 0 Å². The highest BCUT2D eigenvalue weighted by Gasteiger charge is 2.26. The van der Waals surface area contributed by atoms with E-state index in [2.05, 4.69) is 17.1 Å². The van der Waals surface area contributed by atoms with Gasteiger partial charge in [-0.05, 0) is 27.3 Å². The molecule has 18 heavy (non-hydrogen) atoms. The Bertz CT molecular complexity index is 191. The lowest BCUT2D eigenvalue weighted by Crippen LogP contribution is -2.50. The number of aliphatic hydroxyl groups is 1. The smallest absolute Gasteiger partial charge is 0.0611 e. The Morgan fingerprint density at radius 2 is 1.72 bits per heavy atom. The molecular formula is C13H30N2O3. The first-order valence-electron chi connectivity index (χ1n) is 6.54. The average molecular weight is 262 g/mol. The first-order chi connectivity index (χ1) is 8.52. The van der Waals surface area contributed by atoms with Crippen molar-refractivity contribution in [1.82, 2.24) is 10.2 Å². The first-order valence-corrected chi connectivity index (χ1v) is 6.54. The van der Waals surface area contributed by atoms with Crippen molar-refractivity contribution in [2.45, 2.75) is 31.8 Å². The van der Waals surface area contributed by atoms with Gasteiger partial charge >= 0.3 is 0 Å². The fourth-order valence-electron chi connectivity index (χ4n) is 2.00. The van der Waals surface area contributed by atoms with E-state index in [9.17, 15) is 5.11 Å². The molecule has 0 aromatic rings. The average Bonchev–Trinajstić information content (AvgIpc) is 2.38. The summed E-state index contributed by atoms with van der Waals surface area (Å²) in [4.78, 5) is 2.33. The van der Waals surface area contributed by atoms with Crippen LogP contribution < -0.4 is 5.32 Å². The van der Waals surface area contributed by atoms with Crippen LogP contribution in [0, 0.1) is 0 Å². The van der Waals surface area contributed by atoms with Crippen molar-refractivity contribution in [2.75, 3.05) is 54.2 Å². The lowest BCUT2D eigenvalue weighted by atomic mass is 9.94. The molecule has 0 aliphatic carbocycles. The lowest BCUT2D eigenvalue weighted by Gasteiger charge is -2.36. The fraction of sp³-hybridized carbons (Fsp3) is 1.00. The monoisotopic (exact) mass is 262 g/mol. The van der Waals surface area contributed by atoms with Crippen molar-refractivity contribution in [1.29, 1.82) is 0 Å². The Labute approximate surface area is 111 Å². The van der Waals surface area contributed by atoms with Gasteiger partial charge in [-0.1, -0.05) is 0 Å². The van der Waals surface area contributed by atoms with Crippen molar-refractivity contribution in [3.8, 4) is 0 Å². The molecule has 0 aromatic heterocycles. The number of likely N-dealkylation sites (N-methyl/N-ethyl adjacent to an activating group) is 1. The molecule has 2 atom stereocenters. The highest BCUT2D eigenvalue weighted by molar-refractivity contribution is 4.86. The van der Waals surface area contributed by atoms with Crippen LogP contribution in [0.2, 0.25) is 0 Å². The molecule has 0 aliphatic heterocycles. The standard InChI is InChI=1S/C13H30N2O3/c1-12(10-13(2,11-16)14-3)15(6-8-17-4)7-9-18-5/h12,14,16H,6-11H2,1-5H3. The number of hydrogen-bond donors (Lipinski definition) is 2. The molecule has 0 radical (unpaired) electrons. The molecule has 2 N–H and O–H groups in total. The minimum absolute atomic E-state index is 0.135. The highest BCUT2D eigenvalue weighted by Crippen LogP contribution is 2.15. The van der Waals surface area contributed by atoms with Gasteiger partial charge in [-0.3, -0.25) is 4.90 Å². The molecule has 0 aliphatic rings. The van der Waals surface area contributed by atoms with Crippen molar-refractivity contribution < 1.29 is 14.6 Å². The molecule has 0 saturated heterocycles. The van der Waals surface area contributed by atoms with Gasteiger partial charge < -0.3 is 19.9 Å². The highest BCUT2D eigenvalue weighted by atomic mass is 16.5. The molecular weight excluding hydrogens is 232 g/mol. The van der Waals surface area contributed by atoms with Gasteiger partial charge in [0.15, 0.2) is 0 Å². The fourth-order valence-corrected chi connectivity index (χ4v) is 2.00. The number of rotatable bonds is 11. The quantitative estimate of drug-likeness (QED) is 0.562. The second-order valence-corrected chi connectivity index (χ2v) is 5.04. The van der Waals surface area contributed by atoms with Gasteiger partial charge in [0, 0.05) is 38.9 Å². The molecule has 0 fully saturated rings. The van der Waals surface area contributed by atoms with E-state index >= 15 is 0 Å². The van der Waals surface area contributed by atoms with Crippen molar-refractivity contribution >= 4 is 0 Å². The minimum atomic E-state index is -0.238. The maximum atomic E-state index is 9.44. The molecule has 0 amide bonds. The molecule has 5 heteroatoms. The second-order valence-electron chi connectivity index (χ2n) is 5.04. The van der Waals surface area contributed by atoms with Crippen LogP contribution in [0.25, 0.3) is 0 Å². The van der Waals surface area contributed by atoms with Crippen LogP contribution >= 0.6 is 0 Å². The number of nitrogens with one attached hydrogen (secondary N) is 1. The Morgan fingerprint density at radius 3 is 2.06 bits per heavy atom. The maximum Gasteiger partial charge on any atom is 0.0611 e. The zero-order valence-corrected chi connectivity index (χ0v) is 12.5. The number of hydrogen-bond acceptors (Lipinski definition) is 5. The zero-order chi connectivity index (χ0) is 14.0. The molecule has 0 bridgehead atoms. The second kappa shape index (κ2) is 9.69. The van der Waals surface area contributed by atoms with Gasteiger partial charge in [0.05, 0.1) is 19.8 Å². The van der Waals surface area contributed by atoms with E-state index in [1.165, 1.54) is 0 Å². The van der Waals surface area contributed by atoms with Crippen LogP contribution in [0.5, 0.6) is 0 Å². The summed E-state index contributed by atoms with van der Waals surface area (Å²) in [5.41, 5.74) is -0.238. The van der Waals surface area contributed by atoms with E-state index in [4.69, 9.17) is 9.47 Å². The number of aliphatic hydroxyl groups excluding tert-OH is 1. The van der Waals surface area contributed by atoms with Crippen molar-refractivity contribution in [2.24, 2.45) is 0 Å². The molecule has 0 aromatic carbocycles. The Hall–Kier alpha value is -0.200. The molecule has 110 valence electrons. The predicted molar refractivity (Wildman–Crippen MR) is 74.0 cm³/mol. The molecule has 0 saturated carbocycles. The number of ether oxygens (including phenoxy) is 2. The summed E-state index contributed by atoms with van der Waals surface area (Å²) in [6.07, 6.45) is 0.882. The van der Waals surface area contributed by atoms with Crippen LogP contribution in [-0.2, 0) is 9.47 Å². The summed E-state index contributed by atoms with van der Waals surface area (Å²) in [5, 5.41) is 12.6. The molecule has 0 rings (SSSR count). The van der Waals surface area contributed by atoms with Crippen LogP contribution in [-0.4, -0.2) is 75.8 Å². The van der Waals surface area contributed by atoms with E-state index in [1.54, 1.807) is 14.2 Å². The molecule has 0 spiro atoms. The third-order valence-electron chi connectivity index (χ3n) is 3.49. The third-order valence-corrected chi connectivity index (χ3v) is 3.49. The normalized spacial score (nSPS) is 16.8. The van der Waals surface area contributed by atoms with Crippen LogP contribution in [0.15, 0.2) is 0 Å². The Kier molecular flexibility index (Phi) is 9.59. The summed E-state index contributed by atoms with van der Waals surface area (Å²) in [6, 6.07) is 0.361. The Balaban J connectivity index is 4.37. The lowest BCUT2D eigenvalue weighted by molar-refractivity contribution is 0.0701. The zero-order valence-electron chi connectivity index (χ0n) is 12.5. The topological polar surface area (TPSA) is 54.0 Å². The van der Waals surface area contributed by atoms with Gasteiger partial charge in [0.2, 0.25) is 0 Å². The summed E-state index contributed by atoms with van der Waals surface area (Å²) in [7, 11) is 5.31. The van der Waals surface area contributed by atoms with Gasteiger partial charge in [0.25, 0.3) is 0 Å². The SMILES string of the molecule is CNC(C)(CO)CC(C)N(CCOC)CCOC. The predicted octanol–water partition coefficient (Wildman–Crippen LogP) is 0.330. The maximum absolute atomic E-state index is 9.44. The van der Waals surface area contributed by atoms with E-state index in [-0.39, 0.29) is 12.1 Å². The van der Waals surface area contributed by atoms with Gasteiger partial charge in [0.1, 0.15) is 0 Å². The third kappa shape index (κ3) is 6.66. The molecule has 0 heterocycles. The van der Waals surface area contributed by atoms with Crippen LogP contribution in [0.1, 0.15) is 20.3 Å². The number of methoxy groups -OCH3 is 2. The minimum Gasteiger partial charge on any atom is -0.394 e. The largest absolute Gasteiger partial charge is 0.394 e.